The Hall–Kier alpha value is -3.39. The number of pyridine rings is 1. The number of phenols is 1. The molecular weight excluding hydrogens is 454 g/mol. The predicted octanol–water partition coefficient (Wildman–Crippen LogP) is 5.57. The van der Waals surface area contributed by atoms with Crippen molar-refractivity contribution in [2.45, 2.75) is 57.9 Å². The number of hydrogen-bond donors (Lipinski definition) is 3. The number of phenolic OH excluding ortho intramolecular Hbond substituents is 1. The Balaban J connectivity index is 1.61. The van der Waals surface area contributed by atoms with Gasteiger partial charge in [-0.1, -0.05) is 31.4 Å². The van der Waals surface area contributed by atoms with Gasteiger partial charge in [-0.3, -0.25) is 4.79 Å². The lowest BCUT2D eigenvalue weighted by Gasteiger charge is -2.15. The quantitative estimate of drug-likeness (QED) is 0.399. The molecule has 0 radical (unpaired) electrons. The Morgan fingerprint density at radius 1 is 1.24 bits per heavy atom. The van der Waals surface area contributed by atoms with Crippen LogP contribution in [0.5, 0.6) is 5.75 Å². The second kappa shape index (κ2) is 10.3. The van der Waals surface area contributed by atoms with Gasteiger partial charge in [0.15, 0.2) is 0 Å². The highest BCUT2D eigenvalue weighted by Crippen LogP contribution is 2.38. The number of benzene rings is 1. The van der Waals surface area contributed by atoms with Crippen LogP contribution < -0.4 is 10.6 Å². The van der Waals surface area contributed by atoms with Gasteiger partial charge in [0, 0.05) is 35.5 Å². The zero-order chi connectivity index (χ0) is 24.2. The Kier molecular flexibility index (Phi) is 7.17. The maximum Gasteiger partial charge on any atom is 0.342 e. The summed E-state index contributed by atoms with van der Waals surface area (Å²) in [6.07, 6.45) is 6.58. The van der Waals surface area contributed by atoms with Gasteiger partial charge in [-0.25, -0.2) is 9.78 Å². The summed E-state index contributed by atoms with van der Waals surface area (Å²) in [7, 11) is 0. The third-order valence-electron chi connectivity index (χ3n) is 6.22. The first-order chi connectivity index (χ1) is 16.4. The van der Waals surface area contributed by atoms with Crippen LogP contribution in [0.3, 0.4) is 0 Å². The van der Waals surface area contributed by atoms with Crippen molar-refractivity contribution >= 4 is 29.2 Å². The average Bonchev–Trinajstić information content (AvgIpc) is 3.49. The van der Waals surface area contributed by atoms with Crippen LogP contribution in [-0.2, 0) is 0 Å². The van der Waals surface area contributed by atoms with E-state index in [2.05, 4.69) is 20.7 Å². The molecule has 2 amide bonds. The molecule has 1 aliphatic rings. The van der Waals surface area contributed by atoms with Gasteiger partial charge in [0.25, 0.3) is 5.91 Å². The number of nitrogens with one attached hydrogen (secondary N) is 2. The first kappa shape index (κ1) is 23.8. The molecule has 8 nitrogen and oxygen atoms in total. The summed E-state index contributed by atoms with van der Waals surface area (Å²) in [6.45, 7) is 3.97. The monoisotopic (exact) mass is 481 g/mol. The lowest BCUT2D eigenvalue weighted by atomic mass is 10.0. The topological polar surface area (TPSA) is 109 Å². The Bertz CT molecular complexity index is 1200. The van der Waals surface area contributed by atoms with Crippen LogP contribution >= 0.6 is 11.6 Å². The molecule has 0 aliphatic heterocycles. The minimum atomic E-state index is -0.431. The molecule has 1 atom stereocenters. The fraction of sp³-hybridized carbons (Fsp3) is 0.360. The van der Waals surface area contributed by atoms with Crippen molar-refractivity contribution in [3.8, 4) is 17.0 Å². The van der Waals surface area contributed by atoms with Gasteiger partial charge in [-0.15, -0.1) is 0 Å². The van der Waals surface area contributed by atoms with E-state index >= 15 is 0 Å². The molecule has 1 aromatic carbocycles. The molecule has 3 aromatic rings. The second-order valence-corrected chi connectivity index (χ2v) is 8.99. The molecule has 2 aromatic heterocycles. The van der Waals surface area contributed by atoms with Gasteiger partial charge in [-0.05, 0) is 56.5 Å². The highest BCUT2D eigenvalue weighted by molar-refractivity contribution is 6.33. The number of carbonyl (C=O) groups excluding carboxylic acids is 2. The fourth-order valence-electron chi connectivity index (χ4n) is 4.16. The average molecular weight is 482 g/mol. The second-order valence-electron chi connectivity index (χ2n) is 8.63. The molecule has 2 heterocycles. The molecule has 0 bridgehead atoms. The summed E-state index contributed by atoms with van der Waals surface area (Å²) < 4.78 is 1.44. The molecule has 178 valence electrons. The predicted molar refractivity (Wildman–Crippen MR) is 131 cm³/mol. The van der Waals surface area contributed by atoms with Crippen LogP contribution in [0.2, 0.25) is 5.15 Å². The van der Waals surface area contributed by atoms with Gasteiger partial charge in [0.1, 0.15) is 10.9 Å². The minimum Gasteiger partial charge on any atom is -0.507 e. The van der Waals surface area contributed by atoms with Crippen LogP contribution in [0.25, 0.3) is 11.3 Å². The molecular formula is C25H28ClN5O3. The Labute approximate surface area is 203 Å². The van der Waals surface area contributed by atoms with Crippen molar-refractivity contribution in [2.24, 2.45) is 0 Å². The maximum atomic E-state index is 12.9. The molecule has 1 saturated carbocycles. The zero-order valence-corrected chi connectivity index (χ0v) is 20.0. The highest BCUT2D eigenvalue weighted by atomic mass is 35.5. The normalized spacial score (nSPS) is 14.7. The fourth-order valence-corrected chi connectivity index (χ4v) is 4.36. The summed E-state index contributed by atoms with van der Waals surface area (Å²) in [5.41, 5.74) is 2.48. The summed E-state index contributed by atoms with van der Waals surface area (Å²) >= 11 is 5.99. The van der Waals surface area contributed by atoms with Crippen LogP contribution in [0.15, 0.2) is 42.6 Å². The number of halogens is 1. The van der Waals surface area contributed by atoms with Crippen molar-refractivity contribution in [3.05, 3.63) is 59.0 Å². The highest BCUT2D eigenvalue weighted by Gasteiger charge is 2.26. The van der Waals surface area contributed by atoms with Crippen molar-refractivity contribution in [3.63, 3.8) is 0 Å². The number of aromatic hydroxyl groups is 1. The number of hydrogen-bond acceptors (Lipinski definition) is 5. The number of carbonyl (C=O) groups is 2. The van der Waals surface area contributed by atoms with Crippen molar-refractivity contribution in [1.29, 1.82) is 0 Å². The van der Waals surface area contributed by atoms with Gasteiger partial charge in [-0.2, -0.15) is 9.78 Å². The van der Waals surface area contributed by atoms with Crippen LogP contribution in [0.1, 0.15) is 67.9 Å². The summed E-state index contributed by atoms with van der Waals surface area (Å²) in [5.74, 6) is -0.228. The molecule has 0 saturated heterocycles. The van der Waals surface area contributed by atoms with Gasteiger partial charge >= 0.3 is 6.03 Å². The molecule has 3 N–H and O–H groups in total. The summed E-state index contributed by atoms with van der Waals surface area (Å²) in [5, 5.41) is 21.1. The Morgan fingerprint density at radius 3 is 2.68 bits per heavy atom. The summed E-state index contributed by atoms with van der Waals surface area (Å²) in [6, 6.07) is 9.63. The van der Waals surface area contributed by atoms with Crippen molar-refractivity contribution < 1.29 is 14.7 Å². The number of nitrogens with zero attached hydrogens (tertiary/aromatic N) is 3. The van der Waals surface area contributed by atoms with Crippen molar-refractivity contribution in [2.75, 3.05) is 5.32 Å². The minimum absolute atomic E-state index is 0.0289. The molecule has 1 fully saturated rings. The SMILES string of the molecule is CCC(C)NC(=O)n1nc(-c2ccc(NC(=O)c3cccnc3Cl)cc2O)cc1C1CCCC1. The lowest BCUT2D eigenvalue weighted by Crippen LogP contribution is -2.37. The van der Waals surface area contributed by atoms with E-state index in [0.29, 0.717) is 16.9 Å². The standard InChI is InChI=1S/C25H28ClN5O3/c1-3-15(2)28-25(34)31-21(16-7-4-5-8-16)14-20(30-31)18-11-10-17(13-22(18)32)29-24(33)19-9-6-12-27-23(19)26/h6,9-16,32H,3-5,7-8H2,1-2H3,(H,28,34)(H,29,33). The lowest BCUT2D eigenvalue weighted by molar-refractivity contribution is 0.102. The largest absolute Gasteiger partial charge is 0.507 e. The number of anilines is 1. The smallest absolute Gasteiger partial charge is 0.342 e. The first-order valence-corrected chi connectivity index (χ1v) is 11.9. The van der Waals surface area contributed by atoms with E-state index in [0.717, 1.165) is 37.8 Å². The maximum absolute atomic E-state index is 12.9. The molecule has 9 heteroatoms. The van der Waals surface area contributed by atoms with Crippen LogP contribution in [-0.4, -0.2) is 37.9 Å². The van der Waals surface area contributed by atoms with E-state index in [1.807, 2.05) is 19.9 Å². The van der Waals surface area contributed by atoms with Gasteiger partial charge < -0.3 is 15.7 Å². The van der Waals surface area contributed by atoms with E-state index in [9.17, 15) is 14.7 Å². The van der Waals surface area contributed by atoms with Gasteiger partial charge in [0.05, 0.1) is 17.0 Å². The Morgan fingerprint density at radius 2 is 2.00 bits per heavy atom. The first-order valence-electron chi connectivity index (χ1n) is 11.5. The van der Waals surface area contributed by atoms with Gasteiger partial charge in [0.2, 0.25) is 0 Å². The molecule has 1 aliphatic carbocycles. The zero-order valence-electron chi connectivity index (χ0n) is 19.2. The number of rotatable bonds is 6. The van der Waals surface area contributed by atoms with Crippen molar-refractivity contribution in [1.82, 2.24) is 20.1 Å². The van der Waals surface area contributed by atoms with E-state index in [4.69, 9.17) is 11.6 Å². The van der Waals surface area contributed by atoms with Crippen LogP contribution in [0.4, 0.5) is 10.5 Å². The van der Waals surface area contributed by atoms with E-state index < -0.39 is 5.91 Å². The van der Waals surface area contributed by atoms with E-state index in [1.54, 1.807) is 24.3 Å². The molecule has 1 unspecified atom stereocenters. The number of aromatic nitrogens is 3. The number of amides is 2. The van der Waals surface area contributed by atoms with Crippen LogP contribution in [0, 0.1) is 0 Å². The third-order valence-corrected chi connectivity index (χ3v) is 6.52. The molecule has 4 rings (SSSR count). The molecule has 34 heavy (non-hydrogen) atoms. The van der Waals surface area contributed by atoms with E-state index in [1.165, 1.54) is 16.9 Å². The summed E-state index contributed by atoms with van der Waals surface area (Å²) in [4.78, 5) is 29.3. The van der Waals surface area contributed by atoms with E-state index in [-0.39, 0.29) is 34.5 Å². The molecule has 0 spiro atoms. The third kappa shape index (κ3) is 5.07.